The van der Waals surface area contributed by atoms with Crippen molar-refractivity contribution in [1.29, 1.82) is 0 Å². The lowest BCUT2D eigenvalue weighted by Crippen LogP contribution is -2.22. The van der Waals surface area contributed by atoms with Crippen LogP contribution in [-0.4, -0.2) is 42.3 Å². The van der Waals surface area contributed by atoms with Crippen molar-refractivity contribution in [3.8, 4) is 0 Å². The number of aliphatic imine (C=N–C) groups is 1. The molecule has 0 amide bonds. The molecule has 1 aliphatic heterocycles. The van der Waals surface area contributed by atoms with Crippen LogP contribution in [0, 0.1) is 0 Å². The van der Waals surface area contributed by atoms with E-state index >= 15 is 0 Å². The molecule has 1 fully saturated rings. The number of nitrogens with zero attached hydrogens (tertiary/aromatic N) is 2. The monoisotopic (exact) mass is 191 g/mol. The van der Waals surface area contributed by atoms with Crippen molar-refractivity contribution in [2.24, 2.45) is 4.99 Å². The van der Waals surface area contributed by atoms with E-state index in [-0.39, 0.29) is 0 Å². The van der Waals surface area contributed by atoms with Crippen LogP contribution in [0.25, 0.3) is 0 Å². The zero-order valence-electron chi connectivity index (χ0n) is 8.45. The quantitative estimate of drug-likeness (QED) is 0.719. The minimum atomic E-state index is 0.916. The first-order valence-electron chi connectivity index (χ1n) is 5.31. The van der Waals surface area contributed by atoms with Gasteiger partial charge < -0.3 is 9.88 Å². The predicted molar refractivity (Wildman–Crippen MR) is 58.9 cm³/mol. The van der Waals surface area contributed by atoms with Gasteiger partial charge in [0.2, 0.25) is 0 Å². The number of rotatable bonds is 4. The summed E-state index contributed by atoms with van der Waals surface area (Å²) in [6, 6.07) is 4.02. The fourth-order valence-electron chi connectivity index (χ4n) is 1.79. The molecule has 1 aliphatic rings. The highest BCUT2D eigenvalue weighted by molar-refractivity contribution is 5.76. The van der Waals surface area contributed by atoms with E-state index in [0.717, 1.165) is 18.8 Å². The van der Waals surface area contributed by atoms with Crippen molar-refractivity contribution in [3.63, 3.8) is 0 Å². The molecule has 2 rings (SSSR count). The van der Waals surface area contributed by atoms with E-state index in [4.69, 9.17) is 0 Å². The van der Waals surface area contributed by atoms with Gasteiger partial charge >= 0.3 is 0 Å². The van der Waals surface area contributed by atoms with Gasteiger partial charge in [-0.25, -0.2) is 0 Å². The highest BCUT2D eigenvalue weighted by Gasteiger charge is 2.09. The summed E-state index contributed by atoms with van der Waals surface area (Å²) in [7, 11) is 0. The SMILES string of the molecule is C(=NCCN1CCCC1)c1ccc[nH]1. The Hall–Kier alpha value is -1.09. The molecule has 0 unspecified atom stereocenters. The maximum Gasteiger partial charge on any atom is 0.0561 e. The Labute approximate surface area is 84.8 Å². The molecule has 0 aromatic carbocycles. The molecule has 2 heterocycles. The molecule has 0 saturated carbocycles. The largest absolute Gasteiger partial charge is 0.360 e. The van der Waals surface area contributed by atoms with Crippen molar-refractivity contribution in [1.82, 2.24) is 9.88 Å². The van der Waals surface area contributed by atoms with Crippen LogP contribution in [0.2, 0.25) is 0 Å². The first-order chi connectivity index (χ1) is 6.95. The van der Waals surface area contributed by atoms with Crippen molar-refractivity contribution in [2.45, 2.75) is 12.8 Å². The van der Waals surface area contributed by atoms with E-state index in [0.29, 0.717) is 0 Å². The number of likely N-dealkylation sites (tertiary alicyclic amines) is 1. The van der Waals surface area contributed by atoms with Gasteiger partial charge in [0.15, 0.2) is 0 Å². The second-order valence-corrected chi connectivity index (χ2v) is 3.71. The minimum Gasteiger partial charge on any atom is -0.360 e. The van der Waals surface area contributed by atoms with Gasteiger partial charge in [-0.3, -0.25) is 4.99 Å². The molecule has 1 aromatic heterocycles. The van der Waals surface area contributed by atoms with Gasteiger partial charge in [0.05, 0.1) is 12.2 Å². The van der Waals surface area contributed by atoms with E-state index in [9.17, 15) is 0 Å². The lowest BCUT2D eigenvalue weighted by molar-refractivity contribution is 0.349. The summed E-state index contributed by atoms with van der Waals surface area (Å²) in [5, 5.41) is 0. The summed E-state index contributed by atoms with van der Waals surface area (Å²) in [5.41, 5.74) is 1.09. The van der Waals surface area contributed by atoms with Crippen LogP contribution in [0.4, 0.5) is 0 Å². The van der Waals surface area contributed by atoms with E-state index in [1.807, 2.05) is 24.5 Å². The Balaban J connectivity index is 1.67. The number of hydrogen-bond acceptors (Lipinski definition) is 2. The molecule has 1 aromatic rings. The summed E-state index contributed by atoms with van der Waals surface area (Å²) >= 11 is 0. The molecule has 3 heteroatoms. The number of hydrogen-bond donors (Lipinski definition) is 1. The van der Waals surface area contributed by atoms with Gasteiger partial charge in [-0.15, -0.1) is 0 Å². The molecule has 76 valence electrons. The molecule has 3 nitrogen and oxygen atoms in total. The second-order valence-electron chi connectivity index (χ2n) is 3.71. The van der Waals surface area contributed by atoms with Gasteiger partial charge in [-0.05, 0) is 38.1 Å². The van der Waals surface area contributed by atoms with Crippen molar-refractivity contribution in [3.05, 3.63) is 24.0 Å². The van der Waals surface area contributed by atoms with Crippen LogP contribution in [-0.2, 0) is 0 Å². The number of H-pyrrole nitrogens is 1. The molecule has 0 radical (unpaired) electrons. The van der Waals surface area contributed by atoms with E-state index in [1.165, 1.54) is 25.9 Å². The average molecular weight is 191 g/mol. The zero-order valence-corrected chi connectivity index (χ0v) is 8.45. The van der Waals surface area contributed by atoms with Gasteiger partial charge in [-0.2, -0.15) is 0 Å². The maximum atomic E-state index is 4.38. The van der Waals surface area contributed by atoms with Crippen molar-refractivity contribution >= 4 is 6.21 Å². The smallest absolute Gasteiger partial charge is 0.0561 e. The molecular weight excluding hydrogens is 174 g/mol. The Morgan fingerprint density at radius 3 is 3.00 bits per heavy atom. The Bertz CT molecular complexity index is 271. The third-order valence-electron chi connectivity index (χ3n) is 2.60. The zero-order chi connectivity index (χ0) is 9.64. The summed E-state index contributed by atoms with van der Waals surface area (Å²) in [4.78, 5) is 9.96. The molecule has 0 aliphatic carbocycles. The fourth-order valence-corrected chi connectivity index (χ4v) is 1.79. The van der Waals surface area contributed by atoms with Gasteiger partial charge in [0.1, 0.15) is 0 Å². The third kappa shape index (κ3) is 2.70. The number of nitrogens with one attached hydrogen (secondary N) is 1. The third-order valence-corrected chi connectivity index (χ3v) is 2.60. The van der Waals surface area contributed by atoms with Gasteiger partial charge in [0, 0.05) is 19.0 Å². The topological polar surface area (TPSA) is 31.4 Å². The van der Waals surface area contributed by atoms with Crippen LogP contribution < -0.4 is 0 Å². The lowest BCUT2D eigenvalue weighted by Gasteiger charge is -2.11. The summed E-state index contributed by atoms with van der Waals surface area (Å²) in [5.74, 6) is 0. The predicted octanol–water partition coefficient (Wildman–Crippen LogP) is 1.53. The van der Waals surface area contributed by atoms with Gasteiger partial charge in [-0.1, -0.05) is 0 Å². The highest BCUT2D eigenvalue weighted by Crippen LogP contribution is 2.05. The summed E-state index contributed by atoms with van der Waals surface area (Å²) in [6.07, 6.45) is 6.55. The first kappa shape index (κ1) is 9.46. The molecule has 14 heavy (non-hydrogen) atoms. The summed E-state index contributed by atoms with van der Waals surface area (Å²) in [6.45, 7) is 4.55. The molecule has 1 N–H and O–H groups in total. The Morgan fingerprint density at radius 2 is 2.29 bits per heavy atom. The van der Waals surface area contributed by atoms with Crippen molar-refractivity contribution < 1.29 is 0 Å². The van der Waals surface area contributed by atoms with Crippen LogP contribution >= 0.6 is 0 Å². The normalized spacial score (nSPS) is 18.3. The fraction of sp³-hybridized carbons (Fsp3) is 0.545. The molecule has 0 bridgehead atoms. The van der Waals surface area contributed by atoms with E-state index in [1.54, 1.807) is 0 Å². The van der Waals surface area contributed by atoms with E-state index < -0.39 is 0 Å². The Kier molecular flexibility index (Phi) is 3.35. The first-order valence-corrected chi connectivity index (χ1v) is 5.31. The van der Waals surface area contributed by atoms with Crippen molar-refractivity contribution in [2.75, 3.05) is 26.2 Å². The Morgan fingerprint density at radius 1 is 1.43 bits per heavy atom. The number of aromatic amines is 1. The lowest BCUT2D eigenvalue weighted by atomic mass is 10.4. The maximum absolute atomic E-state index is 4.38. The molecule has 1 saturated heterocycles. The summed E-state index contributed by atoms with van der Waals surface area (Å²) < 4.78 is 0. The van der Waals surface area contributed by atoms with Crippen LogP contribution in [0.1, 0.15) is 18.5 Å². The molecule has 0 atom stereocenters. The highest BCUT2D eigenvalue weighted by atomic mass is 15.1. The standard InChI is InChI=1S/C11H17N3/c1-2-8-14(7-1)9-6-12-10-11-4-3-5-13-11/h3-5,10,13H,1-2,6-9H2. The van der Waals surface area contributed by atoms with E-state index in [2.05, 4.69) is 14.9 Å². The molecule has 0 spiro atoms. The van der Waals surface area contributed by atoms with Crippen LogP contribution in [0.5, 0.6) is 0 Å². The van der Waals surface area contributed by atoms with Crippen LogP contribution in [0.15, 0.2) is 23.3 Å². The molecular formula is C11H17N3. The second kappa shape index (κ2) is 4.96. The van der Waals surface area contributed by atoms with Gasteiger partial charge in [0.25, 0.3) is 0 Å². The minimum absolute atomic E-state index is 0.916. The number of aromatic nitrogens is 1. The average Bonchev–Trinajstić information content (AvgIpc) is 2.86. The van der Waals surface area contributed by atoms with Crippen LogP contribution in [0.3, 0.4) is 0 Å².